The predicted molar refractivity (Wildman–Crippen MR) is 99.9 cm³/mol. The average molecular weight is 377 g/mol. The van der Waals surface area contributed by atoms with E-state index in [1.807, 2.05) is 4.90 Å². The third-order valence-corrected chi connectivity index (χ3v) is 5.40. The number of halogens is 1. The summed E-state index contributed by atoms with van der Waals surface area (Å²) in [5.74, 6) is 0.959. The van der Waals surface area contributed by atoms with E-state index in [9.17, 15) is 14.0 Å². The summed E-state index contributed by atoms with van der Waals surface area (Å²) in [6.07, 6.45) is 2.17. The van der Waals surface area contributed by atoms with Crippen molar-refractivity contribution in [2.75, 3.05) is 52.4 Å². The van der Waals surface area contributed by atoms with Gasteiger partial charge in [-0.25, -0.2) is 4.39 Å². The molecule has 0 aliphatic carbocycles. The molecule has 0 saturated carbocycles. The number of amides is 2. The third kappa shape index (κ3) is 5.66. The Balaban J connectivity index is 1.37. The minimum atomic E-state index is -0.335. The van der Waals surface area contributed by atoms with Gasteiger partial charge in [0.2, 0.25) is 5.91 Å². The quantitative estimate of drug-likeness (QED) is 0.782. The number of hydrogen-bond acceptors (Lipinski definition) is 4. The molecule has 2 aliphatic rings. The maximum absolute atomic E-state index is 12.9. The van der Waals surface area contributed by atoms with Crippen molar-refractivity contribution in [2.24, 2.45) is 5.92 Å². The Hall–Kier alpha value is -2.15. The summed E-state index contributed by atoms with van der Waals surface area (Å²) in [5.41, 5.74) is 0. The standard InChI is InChI=1S/C20H28FN3O3/c1-16-6-8-23(9-7-16)19(25)14-22-10-12-24(13-11-22)20(26)15-27-18-4-2-17(21)3-5-18/h2-5,16H,6-15H2,1H3. The number of piperazine rings is 1. The van der Waals surface area contributed by atoms with Crippen molar-refractivity contribution in [1.29, 1.82) is 0 Å². The highest BCUT2D eigenvalue weighted by Crippen LogP contribution is 2.16. The smallest absolute Gasteiger partial charge is 0.260 e. The van der Waals surface area contributed by atoms with Crippen molar-refractivity contribution in [3.63, 3.8) is 0 Å². The maximum atomic E-state index is 12.9. The van der Waals surface area contributed by atoms with Gasteiger partial charge in [0, 0.05) is 39.3 Å². The molecule has 27 heavy (non-hydrogen) atoms. The van der Waals surface area contributed by atoms with Crippen LogP contribution in [0.2, 0.25) is 0 Å². The van der Waals surface area contributed by atoms with Crippen LogP contribution in [0.5, 0.6) is 5.75 Å². The number of carbonyl (C=O) groups is 2. The lowest BCUT2D eigenvalue weighted by Crippen LogP contribution is -2.53. The highest BCUT2D eigenvalue weighted by Gasteiger charge is 2.26. The predicted octanol–water partition coefficient (Wildman–Crippen LogP) is 1.61. The van der Waals surface area contributed by atoms with Gasteiger partial charge in [-0.3, -0.25) is 14.5 Å². The molecule has 3 rings (SSSR count). The normalized spacial score (nSPS) is 19.2. The van der Waals surface area contributed by atoms with E-state index in [0.717, 1.165) is 25.9 Å². The monoisotopic (exact) mass is 377 g/mol. The SMILES string of the molecule is CC1CCN(C(=O)CN2CCN(C(=O)COc3ccc(F)cc3)CC2)CC1. The Kier molecular flexibility index (Phi) is 6.66. The minimum Gasteiger partial charge on any atom is -0.484 e. The summed E-state index contributed by atoms with van der Waals surface area (Å²) in [5, 5.41) is 0. The topological polar surface area (TPSA) is 53.1 Å². The van der Waals surface area contributed by atoms with Gasteiger partial charge in [0.15, 0.2) is 6.61 Å². The molecule has 148 valence electrons. The molecule has 0 unspecified atom stereocenters. The molecule has 0 bridgehead atoms. The van der Waals surface area contributed by atoms with Gasteiger partial charge >= 0.3 is 0 Å². The molecule has 2 saturated heterocycles. The van der Waals surface area contributed by atoms with Crippen LogP contribution in [0.15, 0.2) is 24.3 Å². The first kappa shape index (κ1) is 19.6. The molecule has 0 spiro atoms. The number of ether oxygens (including phenoxy) is 1. The number of hydrogen-bond donors (Lipinski definition) is 0. The molecule has 1 aromatic rings. The molecular weight excluding hydrogens is 349 g/mol. The summed E-state index contributed by atoms with van der Waals surface area (Å²) in [6.45, 7) is 6.90. The molecular formula is C20H28FN3O3. The molecule has 0 radical (unpaired) electrons. The Bertz CT molecular complexity index is 636. The number of rotatable bonds is 5. The first-order chi connectivity index (χ1) is 13.0. The molecule has 2 heterocycles. The van der Waals surface area contributed by atoms with Gasteiger partial charge in [-0.2, -0.15) is 0 Å². The van der Waals surface area contributed by atoms with Crippen LogP contribution in [0.1, 0.15) is 19.8 Å². The second kappa shape index (κ2) is 9.17. The number of likely N-dealkylation sites (tertiary alicyclic amines) is 1. The van der Waals surface area contributed by atoms with Gasteiger partial charge in [-0.1, -0.05) is 6.92 Å². The molecule has 0 atom stereocenters. The molecule has 6 nitrogen and oxygen atoms in total. The summed E-state index contributed by atoms with van der Waals surface area (Å²) >= 11 is 0. The highest BCUT2D eigenvalue weighted by molar-refractivity contribution is 5.79. The minimum absolute atomic E-state index is 0.0590. The highest BCUT2D eigenvalue weighted by atomic mass is 19.1. The van der Waals surface area contributed by atoms with Crippen LogP contribution in [-0.4, -0.2) is 78.9 Å². The second-order valence-electron chi connectivity index (χ2n) is 7.46. The number of piperidine rings is 1. The lowest BCUT2D eigenvalue weighted by atomic mass is 9.99. The Morgan fingerprint density at radius 1 is 0.963 bits per heavy atom. The van der Waals surface area contributed by atoms with Gasteiger partial charge in [-0.05, 0) is 43.0 Å². The largest absolute Gasteiger partial charge is 0.484 e. The molecule has 1 aromatic carbocycles. The van der Waals surface area contributed by atoms with Gasteiger partial charge in [-0.15, -0.1) is 0 Å². The van der Waals surface area contributed by atoms with Crippen molar-refractivity contribution < 1.29 is 18.7 Å². The van der Waals surface area contributed by atoms with E-state index in [0.29, 0.717) is 44.4 Å². The van der Waals surface area contributed by atoms with Gasteiger partial charge in [0.05, 0.1) is 6.54 Å². The van der Waals surface area contributed by atoms with Crippen LogP contribution in [0, 0.1) is 11.7 Å². The molecule has 7 heteroatoms. The molecule has 2 aliphatic heterocycles. The van der Waals surface area contributed by atoms with Crippen LogP contribution in [0.3, 0.4) is 0 Å². The van der Waals surface area contributed by atoms with Crippen LogP contribution in [0.4, 0.5) is 4.39 Å². The second-order valence-corrected chi connectivity index (χ2v) is 7.46. The molecule has 2 fully saturated rings. The van der Waals surface area contributed by atoms with Crippen LogP contribution in [0.25, 0.3) is 0 Å². The van der Waals surface area contributed by atoms with Gasteiger partial charge in [0.1, 0.15) is 11.6 Å². The van der Waals surface area contributed by atoms with E-state index >= 15 is 0 Å². The Morgan fingerprint density at radius 2 is 1.56 bits per heavy atom. The Morgan fingerprint density at radius 3 is 2.19 bits per heavy atom. The lowest BCUT2D eigenvalue weighted by Gasteiger charge is -2.36. The zero-order valence-electron chi connectivity index (χ0n) is 15.9. The van der Waals surface area contributed by atoms with Crippen molar-refractivity contribution in [1.82, 2.24) is 14.7 Å². The zero-order chi connectivity index (χ0) is 19.2. The van der Waals surface area contributed by atoms with Crippen molar-refractivity contribution in [3.05, 3.63) is 30.1 Å². The zero-order valence-corrected chi connectivity index (χ0v) is 15.9. The van der Waals surface area contributed by atoms with E-state index in [1.54, 1.807) is 4.90 Å². The van der Waals surface area contributed by atoms with Crippen LogP contribution in [-0.2, 0) is 9.59 Å². The molecule has 0 N–H and O–H groups in total. The molecule has 2 amide bonds. The van der Waals surface area contributed by atoms with E-state index in [4.69, 9.17) is 4.74 Å². The number of nitrogens with zero attached hydrogens (tertiary/aromatic N) is 3. The maximum Gasteiger partial charge on any atom is 0.260 e. The number of carbonyl (C=O) groups excluding carboxylic acids is 2. The summed E-state index contributed by atoms with van der Waals surface area (Å²) in [6, 6.07) is 5.62. The van der Waals surface area contributed by atoms with Crippen molar-refractivity contribution >= 4 is 11.8 Å². The number of benzene rings is 1. The lowest BCUT2D eigenvalue weighted by molar-refractivity contribution is -0.137. The average Bonchev–Trinajstić information content (AvgIpc) is 2.68. The van der Waals surface area contributed by atoms with Crippen molar-refractivity contribution in [3.8, 4) is 5.75 Å². The summed E-state index contributed by atoms with van der Waals surface area (Å²) < 4.78 is 18.3. The summed E-state index contributed by atoms with van der Waals surface area (Å²) in [7, 11) is 0. The summed E-state index contributed by atoms with van der Waals surface area (Å²) in [4.78, 5) is 30.5. The fourth-order valence-corrected chi connectivity index (χ4v) is 3.47. The van der Waals surface area contributed by atoms with E-state index < -0.39 is 0 Å². The van der Waals surface area contributed by atoms with Crippen LogP contribution < -0.4 is 4.74 Å². The first-order valence-corrected chi connectivity index (χ1v) is 9.67. The third-order valence-electron chi connectivity index (χ3n) is 5.40. The van der Waals surface area contributed by atoms with Gasteiger partial charge in [0.25, 0.3) is 5.91 Å². The van der Waals surface area contributed by atoms with Gasteiger partial charge < -0.3 is 14.5 Å². The van der Waals surface area contributed by atoms with E-state index in [1.165, 1.54) is 24.3 Å². The molecule has 0 aromatic heterocycles. The van der Waals surface area contributed by atoms with E-state index in [-0.39, 0.29) is 24.2 Å². The Labute approximate surface area is 159 Å². The fourth-order valence-electron chi connectivity index (χ4n) is 3.47. The fraction of sp³-hybridized carbons (Fsp3) is 0.600. The first-order valence-electron chi connectivity index (χ1n) is 9.67. The van der Waals surface area contributed by atoms with E-state index in [2.05, 4.69) is 11.8 Å². The van der Waals surface area contributed by atoms with Crippen molar-refractivity contribution in [2.45, 2.75) is 19.8 Å². The van der Waals surface area contributed by atoms with Crippen LogP contribution >= 0.6 is 0 Å².